The van der Waals surface area contributed by atoms with E-state index in [0.717, 1.165) is 19.3 Å². The fraction of sp³-hybridized carbons (Fsp3) is 0.914. The molecule has 0 aromatic rings. The standard InChI is InChI=1S/C35H66N2O6/c1-7-9-10-11-12-13-14-15-16-17-18-19-20-21-23-28(8-2)31(38)36-25-22-24-29(33(40)41)26-37-32(39)30-34(3,4)27-42-35(5,6)43-30/h28-30H,7-27H2,1-6H3,(H,36,38)(H,37,39)(H,40,41). The first kappa shape index (κ1) is 39.4. The lowest BCUT2D eigenvalue weighted by atomic mass is 9.85. The predicted octanol–water partition coefficient (Wildman–Crippen LogP) is 7.78. The first-order valence-electron chi connectivity index (χ1n) is 17.5. The molecule has 0 radical (unpaired) electrons. The van der Waals surface area contributed by atoms with E-state index in [2.05, 4.69) is 24.5 Å². The third-order valence-electron chi connectivity index (χ3n) is 8.81. The number of ether oxygens (including phenoxy) is 2. The lowest BCUT2D eigenvalue weighted by molar-refractivity contribution is -0.304. The van der Waals surface area contributed by atoms with E-state index >= 15 is 0 Å². The van der Waals surface area contributed by atoms with E-state index in [1.165, 1.54) is 83.5 Å². The van der Waals surface area contributed by atoms with Gasteiger partial charge in [-0.25, -0.2) is 0 Å². The summed E-state index contributed by atoms with van der Waals surface area (Å²) in [5.74, 6) is -2.80. The van der Waals surface area contributed by atoms with Crippen molar-refractivity contribution in [3.8, 4) is 0 Å². The predicted molar refractivity (Wildman–Crippen MR) is 174 cm³/mol. The third kappa shape index (κ3) is 17.4. The summed E-state index contributed by atoms with van der Waals surface area (Å²) in [6.07, 6.45) is 20.5. The van der Waals surface area contributed by atoms with Gasteiger partial charge < -0.3 is 25.2 Å². The summed E-state index contributed by atoms with van der Waals surface area (Å²) in [4.78, 5) is 37.4. The fourth-order valence-corrected chi connectivity index (χ4v) is 5.76. The molecule has 1 aliphatic heterocycles. The van der Waals surface area contributed by atoms with Crippen LogP contribution < -0.4 is 10.6 Å². The van der Waals surface area contributed by atoms with Crippen molar-refractivity contribution in [3.63, 3.8) is 0 Å². The number of unbranched alkanes of at least 4 members (excludes halogenated alkanes) is 13. The molecular weight excluding hydrogens is 544 g/mol. The molecule has 43 heavy (non-hydrogen) atoms. The van der Waals surface area contributed by atoms with Crippen LogP contribution >= 0.6 is 0 Å². The maximum Gasteiger partial charge on any atom is 0.308 e. The molecular formula is C35H66N2O6. The Morgan fingerprint density at radius 1 is 0.744 bits per heavy atom. The SMILES string of the molecule is CCCCCCCCCCCCCCCCC(CC)C(=O)NCCCC(CNC(=O)C1OC(C)(C)OCC1(C)C)C(=O)O. The van der Waals surface area contributed by atoms with Gasteiger partial charge in [0, 0.05) is 24.4 Å². The molecule has 8 nitrogen and oxygen atoms in total. The molecule has 3 unspecified atom stereocenters. The Labute approximate surface area is 263 Å². The Morgan fingerprint density at radius 3 is 1.77 bits per heavy atom. The van der Waals surface area contributed by atoms with Gasteiger partial charge in [0.25, 0.3) is 0 Å². The van der Waals surface area contributed by atoms with Crippen molar-refractivity contribution in [3.05, 3.63) is 0 Å². The molecule has 1 heterocycles. The average molecular weight is 611 g/mol. The second kappa shape index (κ2) is 21.9. The molecule has 1 fully saturated rings. The number of carboxylic acids is 1. The summed E-state index contributed by atoms with van der Waals surface area (Å²) in [5.41, 5.74) is -0.523. The monoisotopic (exact) mass is 610 g/mol. The molecule has 1 rings (SSSR count). The summed E-state index contributed by atoms with van der Waals surface area (Å²) in [6, 6.07) is 0. The number of rotatable bonds is 25. The largest absolute Gasteiger partial charge is 0.481 e. The van der Waals surface area contributed by atoms with Crippen LogP contribution in [-0.4, -0.2) is 54.5 Å². The van der Waals surface area contributed by atoms with Gasteiger partial charge in [-0.3, -0.25) is 14.4 Å². The van der Waals surface area contributed by atoms with Crippen LogP contribution in [0.25, 0.3) is 0 Å². The van der Waals surface area contributed by atoms with Crippen LogP contribution in [0, 0.1) is 17.3 Å². The zero-order chi connectivity index (χ0) is 32.1. The zero-order valence-electron chi connectivity index (χ0n) is 28.6. The van der Waals surface area contributed by atoms with E-state index in [0.29, 0.717) is 26.0 Å². The highest BCUT2D eigenvalue weighted by Gasteiger charge is 2.45. The lowest BCUT2D eigenvalue weighted by Crippen LogP contribution is -2.57. The first-order chi connectivity index (χ1) is 20.4. The van der Waals surface area contributed by atoms with Gasteiger partial charge in [-0.2, -0.15) is 0 Å². The number of aliphatic carboxylic acids is 1. The third-order valence-corrected chi connectivity index (χ3v) is 8.81. The Morgan fingerprint density at radius 2 is 1.26 bits per heavy atom. The normalized spacial score (nSPS) is 19.0. The van der Waals surface area contributed by atoms with Crippen molar-refractivity contribution in [1.82, 2.24) is 10.6 Å². The first-order valence-corrected chi connectivity index (χ1v) is 17.5. The molecule has 3 atom stereocenters. The Balaban J connectivity index is 2.19. The Hall–Kier alpha value is -1.67. The van der Waals surface area contributed by atoms with Crippen LogP contribution in [0.3, 0.4) is 0 Å². The number of carbonyl (C=O) groups excluding carboxylic acids is 2. The topological polar surface area (TPSA) is 114 Å². The summed E-state index contributed by atoms with van der Waals surface area (Å²) in [6.45, 7) is 12.5. The summed E-state index contributed by atoms with van der Waals surface area (Å²) in [7, 11) is 0. The molecule has 1 aliphatic rings. The molecule has 0 bridgehead atoms. The highest BCUT2D eigenvalue weighted by atomic mass is 16.7. The van der Waals surface area contributed by atoms with E-state index in [1.54, 1.807) is 13.8 Å². The van der Waals surface area contributed by atoms with Gasteiger partial charge in [-0.1, -0.05) is 118 Å². The molecule has 0 aromatic carbocycles. The maximum absolute atomic E-state index is 12.9. The van der Waals surface area contributed by atoms with Crippen molar-refractivity contribution >= 4 is 17.8 Å². The van der Waals surface area contributed by atoms with Gasteiger partial charge in [0.2, 0.25) is 11.8 Å². The molecule has 1 saturated heterocycles. The van der Waals surface area contributed by atoms with Crippen molar-refractivity contribution in [2.24, 2.45) is 17.3 Å². The number of nitrogens with one attached hydrogen (secondary N) is 2. The number of hydrogen-bond acceptors (Lipinski definition) is 5. The number of hydrogen-bond donors (Lipinski definition) is 3. The fourth-order valence-electron chi connectivity index (χ4n) is 5.76. The van der Waals surface area contributed by atoms with Crippen LogP contribution in [0.5, 0.6) is 0 Å². The van der Waals surface area contributed by atoms with Gasteiger partial charge in [-0.05, 0) is 39.5 Å². The molecule has 252 valence electrons. The Bertz CT molecular complexity index is 784. The van der Waals surface area contributed by atoms with E-state index < -0.39 is 29.2 Å². The van der Waals surface area contributed by atoms with Crippen molar-refractivity contribution in [2.75, 3.05) is 19.7 Å². The van der Waals surface area contributed by atoms with Crippen LogP contribution in [-0.2, 0) is 23.9 Å². The van der Waals surface area contributed by atoms with Gasteiger partial charge in [0.15, 0.2) is 5.79 Å². The zero-order valence-corrected chi connectivity index (χ0v) is 28.6. The lowest BCUT2D eigenvalue weighted by Gasteiger charge is -2.44. The van der Waals surface area contributed by atoms with Gasteiger partial charge >= 0.3 is 5.97 Å². The van der Waals surface area contributed by atoms with Gasteiger partial charge in [-0.15, -0.1) is 0 Å². The molecule has 0 aromatic heterocycles. The van der Waals surface area contributed by atoms with Crippen molar-refractivity contribution < 1.29 is 29.0 Å². The van der Waals surface area contributed by atoms with E-state index in [9.17, 15) is 19.5 Å². The van der Waals surface area contributed by atoms with Crippen LogP contribution in [0.15, 0.2) is 0 Å². The minimum Gasteiger partial charge on any atom is -0.481 e. The second-order valence-electron chi connectivity index (χ2n) is 13.9. The molecule has 0 spiro atoms. The summed E-state index contributed by atoms with van der Waals surface area (Å²) < 4.78 is 11.5. The summed E-state index contributed by atoms with van der Waals surface area (Å²) in [5, 5.41) is 15.5. The van der Waals surface area contributed by atoms with E-state index in [1.807, 2.05) is 13.8 Å². The number of carboxylic acid groups (broad SMARTS) is 1. The van der Waals surface area contributed by atoms with Crippen molar-refractivity contribution in [2.45, 2.75) is 169 Å². The molecule has 0 aliphatic carbocycles. The van der Waals surface area contributed by atoms with Crippen LogP contribution in [0.2, 0.25) is 0 Å². The van der Waals surface area contributed by atoms with Gasteiger partial charge in [0.1, 0.15) is 6.10 Å². The minimum absolute atomic E-state index is 0.0129. The van der Waals surface area contributed by atoms with E-state index in [4.69, 9.17) is 9.47 Å². The number of carbonyl (C=O) groups is 3. The smallest absolute Gasteiger partial charge is 0.308 e. The van der Waals surface area contributed by atoms with Crippen LogP contribution in [0.1, 0.15) is 157 Å². The molecule has 2 amide bonds. The quantitative estimate of drug-likeness (QED) is 0.0910. The maximum atomic E-state index is 12.9. The second-order valence-corrected chi connectivity index (χ2v) is 13.9. The van der Waals surface area contributed by atoms with Gasteiger partial charge in [0.05, 0.1) is 12.5 Å². The molecule has 0 saturated carbocycles. The average Bonchev–Trinajstić information content (AvgIpc) is 2.95. The van der Waals surface area contributed by atoms with E-state index in [-0.39, 0.29) is 24.3 Å². The Kier molecular flexibility index (Phi) is 20.1. The minimum atomic E-state index is -0.955. The highest BCUT2D eigenvalue weighted by molar-refractivity contribution is 5.82. The van der Waals surface area contributed by atoms with Crippen LogP contribution in [0.4, 0.5) is 0 Å². The molecule has 8 heteroatoms. The molecule has 3 N–H and O–H groups in total. The number of amides is 2. The van der Waals surface area contributed by atoms with Crippen molar-refractivity contribution in [1.29, 1.82) is 0 Å². The summed E-state index contributed by atoms with van der Waals surface area (Å²) >= 11 is 0. The highest BCUT2D eigenvalue weighted by Crippen LogP contribution is 2.35.